The lowest BCUT2D eigenvalue weighted by Gasteiger charge is -2.19. The number of carbonyl (C=O) groups is 2. The van der Waals surface area contributed by atoms with Crippen LogP contribution in [0, 0.1) is 0 Å². The van der Waals surface area contributed by atoms with Crippen molar-refractivity contribution >= 4 is 19.8 Å². The van der Waals surface area contributed by atoms with Crippen molar-refractivity contribution in [3.63, 3.8) is 0 Å². The zero-order valence-electron chi connectivity index (χ0n) is 37.0. The number of phosphoric ester groups is 1. The van der Waals surface area contributed by atoms with Crippen molar-refractivity contribution in [1.82, 2.24) is 0 Å². The third kappa shape index (κ3) is 43.3. The summed E-state index contributed by atoms with van der Waals surface area (Å²) in [6, 6.07) is 0. The van der Waals surface area contributed by atoms with Crippen molar-refractivity contribution in [2.75, 3.05) is 26.4 Å². The molecule has 9 nitrogen and oxygen atoms in total. The molecule has 0 aliphatic heterocycles. The van der Waals surface area contributed by atoms with E-state index in [-0.39, 0.29) is 32.6 Å². The Labute approximate surface area is 355 Å². The van der Waals surface area contributed by atoms with Crippen LogP contribution in [0.3, 0.4) is 0 Å². The minimum Gasteiger partial charge on any atom is -0.462 e. The molecule has 0 amide bonds. The van der Waals surface area contributed by atoms with Gasteiger partial charge in [-0.1, -0.05) is 197 Å². The summed E-state index contributed by atoms with van der Waals surface area (Å²) in [5.41, 5.74) is 5.35. The molecule has 58 heavy (non-hydrogen) atoms. The van der Waals surface area contributed by atoms with E-state index in [1.54, 1.807) is 0 Å². The highest BCUT2D eigenvalue weighted by Gasteiger charge is 2.26. The van der Waals surface area contributed by atoms with Crippen LogP contribution in [0.15, 0.2) is 60.8 Å². The van der Waals surface area contributed by atoms with Crippen molar-refractivity contribution in [3.8, 4) is 0 Å². The van der Waals surface area contributed by atoms with Crippen LogP contribution in [0.25, 0.3) is 0 Å². The lowest BCUT2D eigenvalue weighted by Crippen LogP contribution is -2.29. The molecule has 0 aromatic carbocycles. The van der Waals surface area contributed by atoms with Crippen LogP contribution in [-0.4, -0.2) is 49.3 Å². The maximum Gasteiger partial charge on any atom is 0.472 e. The minimum atomic E-state index is -4.39. The number of allylic oxidation sites excluding steroid dienone is 10. The average molecular weight is 836 g/mol. The number of nitrogens with two attached hydrogens (primary N) is 1. The molecule has 336 valence electrons. The number of hydrogen-bond acceptors (Lipinski definition) is 8. The van der Waals surface area contributed by atoms with Crippen LogP contribution in [0.2, 0.25) is 0 Å². The van der Waals surface area contributed by atoms with E-state index in [2.05, 4.69) is 68.5 Å². The Bertz CT molecular complexity index is 1130. The second kappa shape index (κ2) is 44.3. The van der Waals surface area contributed by atoms with E-state index in [1.165, 1.54) is 103 Å². The van der Waals surface area contributed by atoms with Gasteiger partial charge < -0.3 is 20.1 Å². The number of rotatable bonds is 43. The minimum absolute atomic E-state index is 0.0447. The predicted molar refractivity (Wildman–Crippen MR) is 243 cm³/mol. The average Bonchev–Trinajstić information content (AvgIpc) is 3.21. The number of phosphoric acid groups is 1. The van der Waals surface area contributed by atoms with Crippen LogP contribution in [-0.2, 0) is 32.7 Å². The summed E-state index contributed by atoms with van der Waals surface area (Å²) < 4.78 is 32.8. The molecule has 0 aromatic rings. The summed E-state index contributed by atoms with van der Waals surface area (Å²) in [5, 5.41) is 0. The van der Waals surface area contributed by atoms with Gasteiger partial charge in [-0.15, -0.1) is 0 Å². The normalized spacial score (nSPS) is 13.8. The van der Waals surface area contributed by atoms with Crippen molar-refractivity contribution in [3.05, 3.63) is 60.8 Å². The molecule has 0 rings (SSSR count). The summed E-state index contributed by atoms with van der Waals surface area (Å²) in [7, 11) is -4.39. The van der Waals surface area contributed by atoms with E-state index in [0.717, 1.165) is 57.8 Å². The molecule has 0 saturated carbocycles. The molecular weight excluding hydrogens is 750 g/mol. The Morgan fingerprint density at radius 1 is 0.534 bits per heavy atom. The molecule has 10 heteroatoms. The van der Waals surface area contributed by atoms with Gasteiger partial charge in [0.2, 0.25) is 0 Å². The molecule has 0 aromatic heterocycles. The van der Waals surface area contributed by atoms with Crippen molar-refractivity contribution in [1.29, 1.82) is 0 Å². The third-order valence-corrected chi connectivity index (χ3v) is 10.7. The van der Waals surface area contributed by atoms with Crippen LogP contribution < -0.4 is 5.73 Å². The van der Waals surface area contributed by atoms with Gasteiger partial charge >= 0.3 is 19.8 Å². The molecule has 0 saturated heterocycles. The maximum absolute atomic E-state index is 12.6. The number of unbranched alkanes of at least 4 members (excludes halogenated alkanes) is 20. The first-order valence-electron chi connectivity index (χ1n) is 23.3. The monoisotopic (exact) mass is 836 g/mol. The molecule has 1 unspecified atom stereocenters. The summed E-state index contributed by atoms with van der Waals surface area (Å²) in [4.78, 5) is 34.9. The van der Waals surface area contributed by atoms with Crippen molar-refractivity contribution < 1.29 is 37.6 Å². The fourth-order valence-electron chi connectivity index (χ4n) is 6.26. The molecular formula is C48H86NO8P. The van der Waals surface area contributed by atoms with Crippen molar-refractivity contribution in [2.24, 2.45) is 5.73 Å². The van der Waals surface area contributed by atoms with Gasteiger partial charge in [-0.25, -0.2) is 4.57 Å². The lowest BCUT2D eigenvalue weighted by atomic mass is 10.0. The van der Waals surface area contributed by atoms with Gasteiger partial charge in [-0.2, -0.15) is 0 Å². The smallest absolute Gasteiger partial charge is 0.462 e. The van der Waals surface area contributed by atoms with Crippen LogP contribution in [0.1, 0.15) is 200 Å². The second-order valence-electron chi connectivity index (χ2n) is 15.2. The molecule has 0 aliphatic rings. The SMILES string of the molecule is CC/C=C/C/C=C/C/C=C/C/C=C/C/C=C/CCCC(=O)OC[C@H](COP(=O)(O)OCCN)OC(=O)CCCCCCCCCCCCCCCCCCCCCC. The first-order valence-corrected chi connectivity index (χ1v) is 24.8. The number of esters is 2. The summed E-state index contributed by atoms with van der Waals surface area (Å²) >= 11 is 0. The molecule has 0 fully saturated rings. The summed E-state index contributed by atoms with van der Waals surface area (Å²) in [6.45, 7) is 3.57. The molecule has 0 heterocycles. The molecule has 0 aliphatic carbocycles. The highest BCUT2D eigenvalue weighted by Crippen LogP contribution is 2.43. The molecule has 3 N–H and O–H groups in total. The molecule has 0 spiro atoms. The van der Waals surface area contributed by atoms with Crippen LogP contribution in [0.5, 0.6) is 0 Å². The second-order valence-corrected chi connectivity index (χ2v) is 16.7. The van der Waals surface area contributed by atoms with Gasteiger partial charge in [0, 0.05) is 19.4 Å². The van der Waals surface area contributed by atoms with Gasteiger partial charge in [0.05, 0.1) is 13.2 Å². The molecule has 2 atom stereocenters. The largest absolute Gasteiger partial charge is 0.472 e. The first-order chi connectivity index (χ1) is 28.3. The number of ether oxygens (including phenoxy) is 2. The van der Waals surface area contributed by atoms with E-state index in [1.807, 2.05) is 6.08 Å². The van der Waals surface area contributed by atoms with E-state index < -0.39 is 32.5 Å². The number of carbonyl (C=O) groups excluding carboxylic acids is 2. The van der Waals surface area contributed by atoms with E-state index in [0.29, 0.717) is 12.8 Å². The zero-order chi connectivity index (χ0) is 42.5. The summed E-state index contributed by atoms with van der Waals surface area (Å²) in [5.74, 6) is -0.893. The highest BCUT2D eigenvalue weighted by molar-refractivity contribution is 7.47. The van der Waals surface area contributed by atoms with Gasteiger partial charge in [-0.05, 0) is 51.4 Å². The van der Waals surface area contributed by atoms with Gasteiger partial charge in [0.1, 0.15) is 6.61 Å². The quantitative estimate of drug-likeness (QED) is 0.0266. The van der Waals surface area contributed by atoms with Gasteiger partial charge in [0.25, 0.3) is 0 Å². The number of hydrogen-bond donors (Lipinski definition) is 2. The van der Waals surface area contributed by atoms with E-state index in [9.17, 15) is 19.0 Å². The fraction of sp³-hybridized carbons (Fsp3) is 0.750. The Morgan fingerprint density at radius 2 is 0.948 bits per heavy atom. The zero-order valence-corrected chi connectivity index (χ0v) is 37.9. The third-order valence-electron chi connectivity index (χ3n) is 9.67. The van der Waals surface area contributed by atoms with Gasteiger partial charge in [-0.3, -0.25) is 18.6 Å². The standard InChI is InChI=1S/C48H86NO8P/c1-3-5-7-9-11-13-15-17-19-21-22-23-25-27-29-31-33-35-37-39-41-48(51)57-46(45-56-58(52,53)55-43-42-49)44-54-47(50)40-38-36-34-32-30-28-26-24-20-18-16-14-12-10-8-6-4-2/h6,8,12,14,18,20,26,28,32,34,46H,3-5,7,9-11,13,15-17,19,21-25,27,29-31,33,35-45,49H2,1-2H3,(H,52,53)/b8-6+,14-12+,20-18+,28-26+,34-32+/t46-/m1/s1. The molecule has 0 bridgehead atoms. The Kier molecular flexibility index (Phi) is 42.5. The maximum atomic E-state index is 12.6. The predicted octanol–water partition coefficient (Wildman–Crippen LogP) is 13.7. The van der Waals surface area contributed by atoms with E-state index >= 15 is 0 Å². The van der Waals surface area contributed by atoms with Crippen LogP contribution >= 0.6 is 7.82 Å². The van der Waals surface area contributed by atoms with Crippen molar-refractivity contribution in [2.45, 2.75) is 206 Å². The van der Waals surface area contributed by atoms with Gasteiger partial charge in [0.15, 0.2) is 6.10 Å². The Morgan fingerprint density at radius 3 is 1.40 bits per heavy atom. The van der Waals surface area contributed by atoms with Crippen LogP contribution in [0.4, 0.5) is 0 Å². The Hall–Kier alpha value is -2.29. The lowest BCUT2D eigenvalue weighted by molar-refractivity contribution is -0.161. The highest BCUT2D eigenvalue weighted by atomic mass is 31.2. The molecule has 0 radical (unpaired) electrons. The Balaban J connectivity index is 4.17. The summed E-state index contributed by atoms with van der Waals surface area (Å²) in [6.07, 6.45) is 52.6. The first kappa shape index (κ1) is 55.7. The van der Waals surface area contributed by atoms with E-state index in [4.69, 9.17) is 24.3 Å². The fourth-order valence-corrected chi connectivity index (χ4v) is 7.02. The topological polar surface area (TPSA) is 134 Å².